The van der Waals surface area contributed by atoms with Gasteiger partial charge in [-0.25, -0.2) is 4.68 Å². The van der Waals surface area contributed by atoms with E-state index < -0.39 is 0 Å². The SMILES string of the molecule is CCc1c(C)[n+]([NH-])c(-c2ccc(OC)c(OC)c2)c2cc(OC)c(OC)cc12. The number of ether oxygens (including phenoxy) is 4. The quantitative estimate of drug-likeness (QED) is 0.588. The fourth-order valence-corrected chi connectivity index (χ4v) is 3.66. The zero-order valence-electron chi connectivity index (χ0n) is 17.2. The van der Waals surface area contributed by atoms with Gasteiger partial charge in [0.2, 0.25) is 5.69 Å². The molecule has 0 radical (unpaired) electrons. The van der Waals surface area contributed by atoms with Gasteiger partial charge in [-0.15, -0.1) is 0 Å². The average Bonchev–Trinajstić information content (AvgIpc) is 2.73. The summed E-state index contributed by atoms with van der Waals surface area (Å²) in [5.41, 5.74) is 3.60. The van der Waals surface area contributed by atoms with Crippen LogP contribution in [0.4, 0.5) is 0 Å². The number of methoxy groups -OCH3 is 4. The molecule has 0 spiro atoms. The van der Waals surface area contributed by atoms with E-state index in [2.05, 4.69) is 6.92 Å². The number of aryl methyl sites for hydroxylation is 1. The molecule has 0 unspecified atom stereocenters. The van der Waals surface area contributed by atoms with E-state index in [-0.39, 0.29) is 0 Å². The molecule has 6 heteroatoms. The van der Waals surface area contributed by atoms with Crippen molar-refractivity contribution in [1.29, 1.82) is 0 Å². The van der Waals surface area contributed by atoms with Gasteiger partial charge in [-0.2, -0.15) is 0 Å². The lowest BCUT2D eigenvalue weighted by Gasteiger charge is -2.18. The van der Waals surface area contributed by atoms with E-state index in [0.717, 1.165) is 39.7 Å². The molecule has 2 aromatic carbocycles. The number of nitrogens with zero attached hydrogens (tertiary/aromatic N) is 1. The second-order valence-electron chi connectivity index (χ2n) is 6.42. The summed E-state index contributed by atoms with van der Waals surface area (Å²) in [5, 5.41) is 1.97. The van der Waals surface area contributed by atoms with Crippen LogP contribution < -0.4 is 23.6 Å². The van der Waals surface area contributed by atoms with Crippen molar-refractivity contribution in [1.82, 2.24) is 0 Å². The maximum absolute atomic E-state index is 8.78. The number of hydrogen-bond donors (Lipinski definition) is 0. The molecule has 1 heterocycles. The fraction of sp³-hybridized carbons (Fsp3) is 0.318. The first kappa shape index (κ1) is 19.6. The Morgan fingerprint density at radius 2 is 1.32 bits per heavy atom. The number of rotatable bonds is 6. The molecule has 6 nitrogen and oxygen atoms in total. The first-order valence-electron chi connectivity index (χ1n) is 9.07. The Morgan fingerprint density at radius 3 is 1.86 bits per heavy atom. The Kier molecular flexibility index (Phi) is 5.49. The highest BCUT2D eigenvalue weighted by atomic mass is 16.5. The zero-order valence-corrected chi connectivity index (χ0v) is 17.2. The Bertz CT molecular complexity index is 1030. The van der Waals surface area contributed by atoms with Gasteiger partial charge in [-0.3, -0.25) is 0 Å². The lowest BCUT2D eigenvalue weighted by molar-refractivity contribution is -0.600. The number of hydrogen-bond acceptors (Lipinski definition) is 4. The smallest absolute Gasteiger partial charge is 0.216 e. The first-order chi connectivity index (χ1) is 13.5. The van der Waals surface area contributed by atoms with Crippen LogP contribution in [0.15, 0.2) is 30.3 Å². The van der Waals surface area contributed by atoms with E-state index >= 15 is 0 Å². The van der Waals surface area contributed by atoms with Gasteiger partial charge in [0.25, 0.3) is 0 Å². The minimum absolute atomic E-state index is 0.617. The molecular formula is C22H26N2O4. The van der Waals surface area contributed by atoms with E-state index in [1.807, 2.05) is 37.3 Å². The monoisotopic (exact) mass is 382 g/mol. The summed E-state index contributed by atoms with van der Waals surface area (Å²) in [6, 6.07) is 9.60. The fourth-order valence-electron chi connectivity index (χ4n) is 3.66. The normalized spacial score (nSPS) is 10.8. The summed E-state index contributed by atoms with van der Waals surface area (Å²) in [6.45, 7) is 4.06. The van der Waals surface area contributed by atoms with Crippen molar-refractivity contribution in [2.24, 2.45) is 0 Å². The summed E-state index contributed by atoms with van der Waals surface area (Å²) in [5.74, 6) is 11.3. The summed E-state index contributed by atoms with van der Waals surface area (Å²) in [4.78, 5) is 0. The molecule has 1 N–H and O–H groups in total. The van der Waals surface area contributed by atoms with E-state index in [9.17, 15) is 0 Å². The van der Waals surface area contributed by atoms with Crippen LogP contribution in [0.5, 0.6) is 23.0 Å². The number of aromatic nitrogens is 1. The average molecular weight is 382 g/mol. The lowest BCUT2D eigenvalue weighted by atomic mass is 9.96. The molecule has 28 heavy (non-hydrogen) atoms. The topological polar surface area (TPSA) is 64.6 Å². The molecule has 0 fully saturated rings. The molecule has 3 rings (SSSR count). The van der Waals surface area contributed by atoms with Crippen LogP contribution in [-0.4, -0.2) is 28.4 Å². The van der Waals surface area contributed by atoms with Gasteiger partial charge in [-0.05, 0) is 36.8 Å². The molecular weight excluding hydrogens is 356 g/mol. The first-order valence-corrected chi connectivity index (χ1v) is 9.07. The summed E-state index contributed by atoms with van der Waals surface area (Å²) >= 11 is 0. The Morgan fingerprint density at radius 1 is 0.786 bits per heavy atom. The molecule has 1 aromatic heterocycles. The van der Waals surface area contributed by atoms with E-state index in [1.165, 1.54) is 4.68 Å². The molecule has 0 aliphatic rings. The van der Waals surface area contributed by atoms with Gasteiger partial charge < -0.3 is 24.8 Å². The van der Waals surface area contributed by atoms with Crippen molar-refractivity contribution in [2.75, 3.05) is 28.4 Å². The minimum Gasteiger partial charge on any atom is -0.493 e. The molecule has 0 aliphatic heterocycles. The second-order valence-corrected chi connectivity index (χ2v) is 6.42. The Labute approximate surface area is 165 Å². The predicted molar refractivity (Wildman–Crippen MR) is 110 cm³/mol. The third-order valence-corrected chi connectivity index (χ3v) is 5.11. The van der Waals surface area contributed by atoms with E-state index in [4.69, 9.17) is 24.8 Å². The molecule has 0 amide bonds. The van der Waals surface area contributed by atoms with Gasteiger partial charge in [0.05, 0.1) is 39.4 Å². The molecule has 0 atom stereocenters. The lowest BCUT2D eigenvalue weighted by Crippen LogP contribution is -2.32. The van der Waals surface area contributed by atoms with Crippen LogP contribution in [0.3, 0.4) is 0 Å². The minimum atomic E-state index is 0.617. The summed E-state index contributed by atoms with van der Waals surface area (Å²) in [7, 11) is 6.46. The number of benzene rings is 2. The summed E-state index contributed by atoms with van der Waals surface area (Å²) in [6.07, 6.45) is 0.808. The van der Waals surface area contributed by atoms with Crippen molar-refractivity contribution in [3.05, 3.63) is 47.4 Å². The third kappa shape index (κ3) is 3.05. The Balaban J connectivity index is 2.44. The van der Waals surface area contributed by atoms with Crippen LogP contribution in [0.25, 0.3) is 27.9 Å². The van der Waals surface area contributed by atoms with Crippen molar-refractivity contribution in [3.8, 4) is 34.3 Å². The maximum Gasteiger partial charge on any atom is 0.216 e. The second kappa shape index (κ2) is 7.84. The summed E-state index contributed by atoms with van der Waals surface area (Å²) < 4.78 is 23.3. The molecule has 0 saturated carbocycles. The van der Waals surface area contributed by atoms with Crippen LogP contribution in [0, 0.1) is 6.92 Å². The molecule has 148 valence electrons. The van der Waals surface area contributed by atoms with Gasteiger partial charge >= 0.3 is 0 Å². The largest absolute Gasteiger partial charge is 0.493 e. The zero-order chi connectivity index (χ0) is 20.4. The predicted octanol–water partition coefficient (Wildman–Crippen LogP) is 4.51. The number of pyridine rings is 1. The van der Waals surface area contributed by atoms with Gasteiger partial charge in [0.15, 0.2) is 28.7 Å². The van der Waals surface area contributed by atoms with Crippen LogP contribution in [0.2, 0.25) is 0 Å². The molecule has 0 aliphatic carbocycles. The van der Waals surface area contributed by atoms with E-state index in [0.29, 0.717) is 23.0 Å². The van der Waals surface area contributed by atoms with E-state index in [1.54, 1.807) is 28.4 Å². The van der Waals surface area contributed by atoms with Crippen LogP contribution in [-0.2, 0) is 6.42 Å². The highest BCUT2D eigenvalue weighted by Crippen LogP contribution is 2.40. The number of fused-ring (bicyclic) bond motifs is 1. The molecule has 0 saturated heterocycles. The van der Waals surface area contributed by atoms with Gasteiger partial charge in [0.1, 0.15) is 0 Å². The maximum atomic E-state index is 8.78. The highest BCUT2D eigenvalue weighted by molar-refractivity contribution is 5.98. The van der Waals surface area contributed by atoms with Crippen LogP contribution >= 0.6 is 0 Å². The number of nitrogens with one attached hydrogen (secondary N) is 1. The van der Waals surface area contributed by atoms with Crippen molar-refractivity contribution in [2.45, 2.75) is 20.3 Å². The van der Waals surface area contributed by atoms with Crippen molar-refractivity contribution in [3.63, 3.8) is 0 Å². The standard InChI is InChI=1S/C22H26N2O4/c1-7-15-13(2)24(23)22(14-8-9-18(25-3)19(10-14)26-4)17-12-21(28-6)20(27-5)11-16(15)17/h8-12,23H,7H2,1-6H3. The molecule has 3 aromatic rings. The van der Waals surface area contributed by atoms with Gasteiger partial charge in [0, 0.05) is 17.9 Å². The Hall–Kier alpha value is -3.15. The third-order valence-electron chi connectivity index (χ3n) is 5.11. The highest BCUT2D eigenvalue weighted by Gasteiger charge is 2.23. The van der Waals surface area contributed by atoms with Crippen molar-refractivity contribution >= 4 is 10.8 Å². The van der Waals surface area contributed by atoms with Gasteiger partial charge in [-0.1, -0.05) is 6.92 Å². The van der Waals surface area contributed by atoms with Crippen molar-refractivity contribution < 1.29 is 23.6 Å². The van der Waals surface area contributed by atoms with Crippen LogP contribution in [0.1, 0.15) is 18.2 Å². The molecule has 0 bridgehead atoms.